The summed E-state index contributed by atoms with van der Waals surface area (Å²) in [5.41, 5.74) is -0.0248. The van der Waals surface area contributed by atoms with Gasteiger partial charge in [0.05, 0.1) is 29.4 Å². The molecule has 0 saturated heterocycles. The van der Waals surface area contributed by atoms with E-state index < -0.39 is 29.3 Å². The Labute approximate surface area is 170 Å². The first kappa shape index (κ1) is 22.1. The van der Waals surface area contributed by atoms with E-state index in [1.54, 1.807) is 19.1 Å². The summed E-state index contributed by atoms with van der Waals surface area (Å²) in [6.45, 7) is 1.74. The number of amides is 2. The lowest BCUT2D eigenvalue weighted by Gasteiger charge is -2.13. The Hall–Kier alpha value is -4.21. The summed E-state index contributed by atoms with van der Waals surface area (Å²) >= 11 is 0. The molecule has 0 bridgehead atoms. The van der Waals surface area contributed by atoms with Crippen LogP contribution in [0.4, 0.5) is 5.69 Å². The van der Waals surface area contributed by atoms with Crippen LogP contribution in [-0.2, 0) is 9.53 Å². The van der Waals surface area contributed by atoms with Crippen molar-refractivity contribution in [1.82, 2.24) is 5.32 Å². The first-order valence-corrected chi connectivity index (χ1v) is 8.46. The zero-order valence-electron chi connectivity index (χ0n) is 16.3. The molecule has 10 nitrogen and oxygen atoms in total. The zero-order valence-corrected chi connectivity index (χ0v) is 16.3. The molecule has 0 saturated carbocycles. The molecule has 0 unspecified atom stereocenters. The molecule has 0 aromatic heterocycles. The van der Waals surface area contributed by atoms with E-state index in [1.165, 1.54) is 20.2 Å². The molecule has 0 aliphatic rings. The summed E-state index contributed by atoms with van der Waals surface area (Å²) < 4.78 is 9.40. The van der Waals surface area contributed by atoms with Crippen LogP contribution in [-0.4, -0.2) is 49.5 Å². The molecular formula is C20H18N2O8. The number of carbonyl (C=O) groups is 5. The van der Waals surface area contributed by atoms with Gasteiger partial charge in [-0.2, -0.15) is 0 Å². The Kier molecular flexibility index (Phi) is 6.86. The molecule has 0 heterocycles. The fourth-order valence-corrected chi connectivity index (χ4v) is 2.70. The zero-order chi connectivity index (χ0) is 22.4. The van der Waals surface area contributed by atoms with Gasteiger partial charge in [0.1, 0.15) is 5.75 Å². The third-order valence-electron chi connectivity index (χ3n) is 4.00. The van der Waals surface area contributed by atoms with Gasteiger partial charge >= 0.3 is 11.9 Å². The Morgan fingerprint density at radius 1 is 0.967 bits per heavy atom. The van der Waals surface area contributed by atoms with Gasteiger partial charge < -0.3 is 25.2 Å². The van der Waals surface area contributed by atoms with Crippen molar-refractivity contribution in [2.75, 3.05) is 19.5 Å². The number of benzene rings is 2. The average Bonchev–Trinajstić information content (AvgIpc) is 2.71. The summed E-state index contributed by atoms with van der Waals surface area (Å²) in [4.78, 5) is 59.0. The van der Waals surface area contributed by atoms with Crippen LogP contribution < -0.4 is 15.4 Å². The number of anilines is 1. The van der Waals surface area contributed by atoms with Crippen LogP contribution in [0.5, 0.6) is 5.75 Å². The second-order valence-corrected chi connectivity index (χ2v) is 6.03. The average molecular weight is 414 g/mol. The van der Waals surface area contributed by atoms with Gasteiger partial charge in [-0.15, -0.1) is 0 Å². The number of carboxylic acid groups (broad SMARTS) is 1. The van der Waals surface area contributed by atoms with Crippen LogP contribution >= 0.6 is 0 Å². The van der Waals surface area contributed by atoms with Crippen molar-refractivity contribution in [2.24, 2.45) is 0 Å². The van der Waals surface area contributed by atoms with E-state index in [0.717, 1.165) is 12.1 Å². The van der Waals surface area contributed by atoms with Crippen LogP contribution in [0.1, 0.15) is 47.0 Å². The van der Waals surface area contributed by atoms with Gasteiger partial charge in [-0.1, -0.05) is 0 Å². The number of carbonyl (C=O) groups excluding carboxylic acids is 4. The molecule has 2 aromatic rings. The quantitative estimate of drug-likeness (QED) is 0.457. The van der Waals surface area contributed by atoms with Gasteiger partial charge in [0.15, 0.2) is 0 Å². The van der Waals surface area contributed by atoms with Crippen LogP contribution in [0.3, 0.4) is 0 Å². The minimum atomic E-state index is -1.47. The van der Waals surface area contributed by atoms with E-state index >= 15 is 0 Å². The fourth-order valence-electron chi connectivity index (χ4n) is 2.70. The second kappa shape index (κ2) is 9.32. The fraction of sp³-hybridized carbons (Fsp3) is 0.150. The van der Waals surface area contributed by atoms with E-state index in [-0.39, 0.29) is 34.6 Å². The summed E-state index contributed by atoms with van der Waals surface area (Å²) in [5.74, 6) is -3.94. The van der Waals surface area contributed by atoms with Gasteiger partial charge in [0.25, 0.3) is 18.3 Å². The van der Waals surface area contributed by atoms with Crippen molar-refractivity contribution in [2.45, 2.75) is 6.92 Å². The summed E-state index contributed by atoms with van der Waals surface area (Å²) in [5, 5.41) is 14.3. The van der Waals surface area contributed by atoms with Crippen molar-refractivity contribution >= 4 is 35.9 Å². The molecule has 2 amide bonds. The van der Waals surface area contributed by atoms with Crippen LogP contribution in [0.15, 0.2) is 30.3 Å². The third-order valence-corrected chi connectivity index (χ3v) is 4.00. The molecule has 0 aliphatic heterocycles. The smallest absolute Gasteiger partial charge is 0.337 e. The number of carboxylic acids is 1. The second-order valence-electron chi connectivity index (χ2n) is 6.03. The maximum absolute atomic E-state index is 12.8. The molecule has 2 aromatic carbocycles. The van der Waals surface area contributed by atoms with Gasteiger partial charge in [0.2, 0.25) is 0 Å². The number of nitrogens with one attached hydrogen (secondary N) is 2. The number of hydrogen-bond acceptors (Lipinski definition) is 7. The highest BCUT2D eigenvalue weighted by Crippen LogP contribution is 2.26. The lowest BCUT2D eigenvalue weighted by atomic mass is 10.0. The Morgan fingerprint density at radius 2 is 1.67 bits per heavy atom. The minimum Gasteiger partial charge on any atom is -0.478 e. The maximum atomic E-state index is 12.8. The summed E-state index contributed by atoms with van der Waals surface area (Å²) in [6.07, 6.45) is 0. The topological polar surface area (TPSA) is 148 Å². The van der Waals surface area contributed by atoms with Crippen molar-refractivity contribution in [3.8, 4) is 5.75 Å². The highest BCUT2D eigenvalue weighted by molar-refractivity contribution is 6.13. The highest BCUT2D eigenvalue weighted by atomic mass is 16.5. The minimum absolute atomic E-state index is 0.0487. The lowest BCUT2D eigenvalue weighted by molar-refractivity contribution is -0.120. The molecule has 10 heteroatoms. The van der Waals surface area contributed by atoms with E-state index in [9.17, 15) is 29.1 Å². The summed E-state index contributed by atoms with van der Waals surface area (Å²) in [7, 11) is 2.52. The number of rotatable bonds is 7. The van der Waals surface area contributed by atoms with E-state index in [4.69, 9.17) is 4.74 Å². The Balaban J connectivity index is 2.53. The molecule has 156 valence electrons. The molecule has 3 N–H and O–H groups in total. The predicted octanol–water partition coefficient (Wildman–Crippen LogP) is 1.63. The van der Waals surface area contributed by atoms with E-state index in [0.29, 0.717) is 5.56 Å². The van der Waals surface area contributed by atoms with Gasteiger partial charge in [-0.25, -0.2) is 9.59 Å². The lowest BCUT2D eigenvalue weighted by Crippen LogP contribution is -2.22. The normalized spacial score (nSPS) is 9.97. The number of aryl methyl sites for hydroxylation is 1. The monoisotopic (exact) mass is 414 g/mol. The number of esters is 1. The van der Waals surface area contributed by atoms with Crippen molar-refractivity contribution in [3.63, 3.8) is 0 Å². The number of ether oxygens (including phenoxy) is 2. The molecule has 0 radical (unpaired) electrons. The third kappa shape index (κ3) is 4.79. The Bertz CT molecular complexity index is 1050. The van der Waals surface area contributed by atoms with Crippen LogP contribution in [0, 0.1) is 6.92 Å². The first-order valence-electron chi connectivity index (χ1n) is 8.46. The molecule has 0 aliphatic carbocycles. The first-order chi connectivity index (χ1) is 14.2. The molecule has 0 atom stereocenters. The molecule has 0 fully saturated rings. The van der Waals surface area contributed by atoms with Crippen molar-refractivity contribution < 1.29 is 38.6 Å². The maximum Gasteiger partial charge on any atom is 0.337 e. The van der Waals surface area contributed by atoms with Crippen molar-refractivity contribution in [3.05, 3.63) is 58.1 Å². The van der Waals surface area contributed by atoms with E-state index in [2.05, 4.69) is 15.4 Å². The van der Waals surface area contributed by atoms with Crippen LogP contribution in [0.2, 0.25) is 0 Å². The highest BCUT2D eigenvalue weighted by Gasteiger charge is 2.24. The number of hydrogen-bond donors (Lipinski definition) is 3. The van der Waals surface area contributed by atoms with Gasteiger partial charge in [0, 0.05) is 12.7 Å². The molecule has 30 heavy (non-hydrogen) atoms. The SMILES string of the molecule is CNC(=O)c1cc(C(=O)O)c(C(=O)Nc2cc(C)cc(C(=O)OC)c2)cc1OC=O. The number of aromatic carboxylic acids is 1. The van der Waals surface area contributed by atoms with Gasteiger partial charge in [-0.3, -0.25) is 14.4 Å². The van der Waals surface area contributed by atoms with E-state index in [1.807, 2.05) is 0 Å². The van der Waals surface area contributed by atoms with Crippen LogP contribution in [0.25, 0.3) is 0 Å². The standard InChI is InChI=1S/C20H18N2O8/c1-10-4-11(20(28)29-3)6-12(5-10)22-18(25)13-8-16(30-9-23)15(17(24)21-2)7-14(13)19(26)27/h4-9H,1-3H3,(H,21,24)(H,22,25)(H,26,27). The molecular weight excluding hydrogens is 396 g/mol. The van der Waals surface area contributed by atoms with Gasteiger partial charge in [-0.05, 0) is 42.8 Å². The number of methoxy groups -OCH3 is 1. The molecule has 0 spiro atoms. The summed E-state index contributed by atoms with van der Waals surface area (Å²) in [6, 6.07) is 6.39. The van der Waals surface area contributed by atoms with Crippen molar-refractivity contribution in [1.29, 1.82) is 0 Å². The Morgan fingerprint density at radius 3 is 2.23 bits per heavy atom. The molecule has 2 rings (SSSR count). The predicted molar refractivity (Wildman–Crippen MR) is 104 cm³/mol. The largest absolute Gasteiger partial charge is 0.478 e.